The van der Waals surface area contributed by atoms with Gasteiger partial charge in [-0.1, -0.05) is 59.3 Å². The molecule has 1 atom stereocenters. The number of carbonyl (C=O) groups is 2. The third-order valence-electron chi connectivity index (χ3n) is 5.15. The predicted molar refractivity (Wildman–Crippen MR) is 111 cm³/mol. The summed E-state index contributed by atoms with van der Waals surface area (Å²) in [6.45, 7) is 2.16. The molecule has 30 heavy (non-hydrogen) atoms. The van der Waals surface area contributed by atoms with Gasteiger partial charge in [0.2, 0.25) is 5.78 Å². The third kappa shape index (κ3) is 3.72. The normalized spacial score (nSPS) is 18.1. The Hall–Kier alpha value is -3.44. The van der Waals surface area contributed by atoms with Crippen molar-refractivity contribution < 1.29 is 19.7 Å². The second kappa shape index (κ2) is 8.13. The van der Waals surface area contributed by atoms with Gasteiger partial charge in [0.1, 0.15) is 0 Å². The van der Waals surface area contributed by atoms with Gasteiger partial charge in [-0.05, 0) is 36.2 Å². The number of nitrogens with one attached hydrogen (secondary N) is 1. The van der Waals surface area contributed by atoms with Crippen molar-refractivity contribution in [2.24, 2.45) is 0 Å². The number of nitrogens with zero attached hydrogens (tertiary/aromatic N) is 1. The zero-order chi connectivity index (χ0) is 21.3. The van der Waals surface area contributed by atoms with Crippen LogP contribution in [-0.2, 0) is 16.1 Å². The van der Waals surface area contributed by atoms with E-state index in [0.29, 0.717) is 10.6 Å². The van der Waals surface area contributed by atoms with Crippen LogP contribution in [-0.4, -0.2) is 16.6 Å². The number of Topliss-reactive ketones (excluding diaryl/α,β-unsaturated/α-hetero) is 1. The highest BCUT2D eigenvalue weighted by molar-refractivity contribution is 6.46. The van der Waals surface area contributed by atoms with E-state index >= 15 is 0 Å². The van der Waals surface area contributed by atoms with Crippen LogP contribution in [0.1, 0.15) is 28.3 Å². The number of halogens is 1. The minimum Gasteiger partial charge on any atom is -0.872 e. The highest BCUT2D eigenvalue weighted by atomic mass is 35.5. The lowest BCUT2D eigenvalue weighted by atomic mass is 9.94. The van der Waals surface area contributed by atoms with E-state index in [1.165, 1.54) is 4.90 Å². The smallest absolute Gasteiger partial charge is 0.295 e. The lowest BCUT2D eigenvalue weighted by molar-refractivity contribution is -0.378. The molecule has 2 heterocycles. The molecule has 3 aromatic rings. The van der Waals surface area contributed by atoms with Crippen molar-refractivity contribution in [1.29, 1.82) is 0 Å². The highest BCUT2D eigenvalue weighted by Gasteiger charge is 2.44. The molecule has 4 rings (SSSR count). The molecule has 0 saturated carbocycles. The molecule has 0 spiro atoms. The summed E-state index contributed by atoms with van der Waals surface area (Å²) in [6, 6.07) is 16.8. The number of aromatic nitrogens is 1. The first-order valence-corrected chi connectivity index (χ1v) is 9.87. The van der Waals surface area contributed by atoms with Gasteiger partial charge in [-0.25, -0.2) is 4.98 Å². The minimum absolute atomic E-state index is 0.0360. The number of carbonyl (C=O) groups excluding carboxylic acids is 2. The number of pyridine rings is 1. The number of likely N-dealkylation sites (tertiary alicyclic amines) is 1. The van der Waals surface area contributed by atoms with E-state index in [9.17, 15) is 14.7 Å². The van der Waals surface area contributed by atoms with Gasteiger partial charge in [0, 0.05) is 22.2 Å². The van der Waals surface area contributed by atoms with E-state index in [2.05, 4.69) is 4.98 Å². The molecule has 0 aliphatic carbocycles. The van der Waals surface area contributed by atoms with Crippen LogP contribution in [0.4, 0.5) is 0 Å². The highest BCUT2D eigenvalue weighted by Crippen LogP contribution is 2.39. The number of ketones is 1. The van der Waals surface area contributed by atoms with Crippen molar-refractivity contribution in [2.45, 2.75) is 19.5 Å². The number of rotatable bonds is 4. The van der Waals surface area contributed by atoms with Crippen LogP contribution in [0.5, 0.6) is 0 Å². The van der Waals surface area contributed by atoms with Gasteiger partial charge in [-0.15, -0.1) is 0 Å². The summed E-state index contributed by atoms with van der Waals surface area (Å²) >= 11 is 5.93. The van der Waals surface area contributed by atoms with Gasteiger partial charge < -0.3 is 10.0 Å². The van der Waals surface area contributed by atoms with Gasteiger partial charge in [0.25, 0.3) is 5.91 Å². The number of H-pyrrole nitrogens is 1. The Balaban J connectivity index is 1.85. The summed E-state index contributed by atoms with van der Waals surface area (Å²) in [7, 11) is 0. The quantitative estimate of drug-likeness (QED) is 0.371. The Labute approximate surface area is 179 Å². The summed E-state index contributed by atoms with van der Waals surface area (Å²) in [5.41, 5.74) is 2.88. The number of hydrogen-bond donors (Lipinski definition) is 0. The molecule has 1 aliphatic rings. The van der Waals surface area contributed by atoms with E-state index in [-0.39, 0.29) is 12.1 Å². The molecule has 1 aliphatic heterocycles. The third-order valence-corrected chi connectivity index (χ3v) is 5.41. The molecule has 0 radical (unpaired) electrons. The second-order valence-corrected chi connectivity index (χ2v) is 7.67. The first kappa shape index (κ1) is 19.9. The van der Waals surface area contributed by atoms with E-state index in [1.54, 1.807) is 36.7 Å². The Morgan fingerprint density at radius 3 is 2.40 bits per heavy atom. The molecular weight excluding hydrogens is 400 g/mol. The van der Waals surface area contributed by atoms with Crippen LogP contribution in [0, 0.1) is 6.92 Å². The molecule has 1 saturated heterocycles. The molecule has 1 fully saturated rings. The summed E-state index contributed by atoms with van der Waals surface area (Å²) in [5.74, 6) is -1.90. The van der Waals surface area contributed by atoms with Crippen LogP contribution in [0.15, 0.2) is 78.6 Å². The molecule has 150 valence electrons. The van der Waals surface area contributed by atoms with Crippen LogP contribution < -0.4 is 10.1 Å². The predicted octanol–water partition coefficient (Wildman–Crippen LogP) is 2.89. The Bertz CT molecular complexity index is 1120. The number of amides is 1. The number of aromatic amines is 1. The molecule has 1 aromatic heterocycles. The molecule has 1 amide bonds. The van der Waals surface area contributed by atoms with Crippen molar-refractivity contribution in [2.75, 3.05) is 0 Å². The zero-order valence-corrected chi connectivity index (χ0v) is 17.0. The van der Waals surface area contributed by atoms with Crippen molar-refractivity contribution in [3.63, 3.8) is 0 Å². The summed E-state index contributed by atoms with van der Waals surface area (Å²) < 4.78 is 0. The van der Waals surface area contributed by atoms with E-state index < -0.39 is 23.5 Å². The molecule has 2 aromatic carbocycles. The van der Waals surface area contributed by atoms with Crippen LogP contribution in [0.2, 0.25) is 5.02 Å². The van der Waals surface area contributed by atoms with Gasteiger partial charge in [-0.2, -0.15) is 0 Å². The minimum atomic E-state index is -0.763. The SMILES string of the molecule is Cc1ccc(C2/C(=C(\[O-])c3ccc(Cl)cc3)C(=O)C(=O)N2Cc2ccc[nH+]c2)cc1. The maximum Gasteiger partial charge on any atom is 0.295 e. The zero-order valence-electron chi connectivity index (χ0n) is 16.3. The Morgan fingerprint density at radius 1 is 1.07 bits per heavy atom. The maximum atomic E-state index is 13.3. The fraction of sp³-hybridized carbons (Fsp3) is 0.125. The molecule has 5 nitrogen and oxygen atoms in total. The second-order valence-electron chi connectivity index (χ2n) is 7.24. The maximum absolute atomic E-state index is 13.3. The van der Waals surface area contributed by atoms with E-state index in [0.717, 1.165) is 16.7 Å². The average molecular weight is 419 g/mol. The van der Waals surface area contributed by atoms with E-state index in [4.69, 9.17) is 11.6 Å². The van der Waals surface area contributed by atoms with Crippen LogP contribution in [0.3, 0.4) is 0 Å². The molecule has 1 N–H and O–H groups in total. The van der Waals surface area contributed by atoms with Gasteiger partial charge >= 0.3 is 0 Å². The van der Waals surface area contributed by atoms with Crippen LogP contribution >= 0.6 is 11.6 Å². The average Bonchev–Trinajstić information content (AvgIpc) is 3.00. The first-order chi connectivity index (χ1) is 14.5. The number of aryl methyl sites for hydroxylation is 1. The summed E-state index contributed by atoms with van der Waals surface area (Å²) in [6.07, 6.45) is 3.53. The Morgan fingerprint density at radius 2 is 1.77 bits per heavy atom. The fourth-order valence-corrected chi connectivity index (χ4v) is 3.74. The number of hydrogen-bond acceptors (Lipinski definition) is 3. The molecular formula is C24H19ClN2O3. The summed E-state index contributed by atoms with van der Waals surface area (Å²) in [4.78, 5) is 30.3. The number of benzene rings is 2. The summed E-state index contributed by atoms with van der Waals surface area (Å²) in [5, 5.41) is 13.8. The Kier molecular flexibility index (Phi) is 5.38. The fourth-order valence-electron chi connectivity index (χ4n) is 3.61. The van der Waals surface area contributed by atoms with Crippen molar-refractivity contribution in [1.82, 2.24) is 4.90 Å². The monoisotopic (exact) mass is 418 g/mol. The van der Waals surface area contributed by atoms with E-state index in [1.807, 2.05) is 43.3 Å². The lowest BCUT2D eigenvalue weighted by Crippen LogP contribution is -2.29. The van der Waals surface area contributed by atoms with Gasteiger partial charge in [0.15, 0.2) is 12.4 Å². The topological polar surface area (TPSA) is 74.6 Å². The van der Waals surface area contributed by atoms with Crippen molar-refractivity contribution in [3.05, 3.63) is 106 Å². The van der Waals surface area contributed by atoms with Gasteiger partial charge in [0.05, 0.1) is 12.6 Å². The van der Waals surface area contributed by atoms with Crippen molar-refractivity contribution >= 4 is 29.1 Å². The molecule has 1 unspecified atom stereocenters. The van der Waals surface area contributed by atoms with Crippen molar-refractivity contribution in [3.8, 4) is 0 Å². The lowest BCUT2D eigenvalue weighted by Gasteiger charge is -2.27. The standard InChI is InChI=1S/C24H19ClN2O3/c1-15-4-6-17(7-5-15)21-20(22(28)18-8-10-19(25)11-9-18)23(29)24(30)27(21)14-16-3-2-12-26-13-16/h2-13,21,28H,14H2,1H3/b22-20+. The first-order valence-electron chi connectivity index (χ1n) is 9.49. The van der Waals surface area contributed by atoms with Crippen LogP contribution in [0.25, 0.3) is 5.76 Å². The van der Waals surface area contributed by atoms with Gasteiger partial charge in [-0.3, -0.25) is 9.59 Å². The molecule has 6 heteroatoms. The molecule has 0 bridgehead atoms. The largest absolute Gasteiger partial charge is 0.872 e.